The number of rotatable bonds is 5. The Kier molecular flexibility index (Phi) is 6.06. The Morgan fingerprint density at radius 3 is 2.82 bits per heavy atom. The van der Waals surface area contributed by atoms with E-state index in [4.69, 9.17) is 27.9 Å². The van der Waals surface area contributed by atoms with Gasteiger partial charge in [0.2, 0.25) is 11.8 Å². The van der Waals surface area contributed by atoms with Gasteiger partial charge < -0.3 is 15.0 Å². The molecule has 0 aliphatic carbocycles. The summed E-state index contributed by atoms with van der Waals surface area (Å²) >= 11 is 12.1. The largest absolute Gasteiger partial charge is 0.368 e. The number of amides is 2. The van der Waals surface area contributed by atoms with Crippen molar-refractivity contribution >= 4 is 40.7 Å². The van der Waals surface area contributed by atoms with Crippen LogP contribution in [0.4, 0.5) is 5.69 Å². The number of hydrogen-bond acceptors (Lipinski definition) is 3. The van der Waals surface area contributed by atoms with E-state index in [0.29, 0.717) is 35.4 Å². The molecule has 0 radical (unpaired) electrons. The van der Waals surface area contributed by atoms with Crippen molar-refractivity contribution in [2.45, 2.75) is 25.9 Å². The SMILES string of the molecule is CC(=O)N(CCNC(=O)C1CCCO1)c1cccc(Cl)c1Cl. The van der Waals surface area contributed by atoms with Crippen LogP contribution >= 0.6 is 23.2 Å². The van der Waals surface area contributed by atoms with Gasteiger partial charge in [0.25, 0.3) is 0 Å². The second-order valence-electron chi connectivity index (χ2n) is 5.04. The molecule has 2 rings (SSSR count). The zero-order chi connectivity index (χ0) is 16.1. The van der Waals surface area contributed by atoms with Crippen LogP contribution in [0.1, 0.15) is 19.8 Å². The lowest BCUT2D eigenvalue weighted by Gasteiger charge is -2.23. The molecule has 1 fully saturated rings. The van der Waals surface area contributed by atoms with Crippen molar-refractivity contribution in [3.05, 3.63) is 28.2 Å². The van der Waals surface area contributed by atoms with Gasteiger partial charge in [0, 0.05) is 26.6 Å². The fraction of sp³-hybridized carbons (Fsp3) is 0.467. The minimum atomic E-state index is -0.375. The molecule has 120 valence electrons. The summed E-state index contributed by atoms with van der Waals surface area (Å²) < 4.78 is 5.31. The van der Waals surface area contributed by atoms with Gasteiger partial charge in [-0.05, 0) is 25.0 Å². The molecule has 2 amide bonds. The molecule has 22 heavy (non-hydrogen) atoms. The second-order valence-corrected chi connectivity index (χ2v) is 5.82. The van der Waals surface area contributed by atoms with E-state index >= 15 is 0 Å². The lowest BCUT2D eigenvalue weighted by molar-refractivity contribution is -0.130. The molecule has 1 aliphatic rings. The summed E-state index contributed by atoms with van der Waals surface area (Å²) in [6.45, 7) is 2.70. The van der Waals surface area contributed by atoms with Gasteiger partial charge in [0.15, 0.2) is 0 Å². The average molecular weight is 345 g/mol. The highest BCUT2D eigenvalue weighted by Gasteiger charge is 2.23. The maximum Gasteiger partial charge on any atom is 0.249 e. The predicted molar refractivity (Wildman–Crippen MR) is 86.5 cm³/mol. The van der Waals surface area contributed by atoms with E-state index in [0.717, 1.165) is 12.8 Å². The quantitative estimate of drug-likeness (QED) is 0.893. The van der Waals surface area contributed by atoms with E-state index in [1.54, 1.807) is 18.2 Å². The van der Waals surface area contributed by atoms with Crippen LogP contribution in [0.3, 0.4) is 0 Å². The highest BCUT2D eigenvalue weighted by Crippen LogP contribution is 2.32. The predicted octanol–water partition coefficient (Wildman–Crippen LogP) is 2.64. The van der Waals surface area contributed by atoms with Gasteiger partial charge in [0.1, 0.15) is 6.10 Å². The summed E-state index contributed by atoms with van der Waals surface area (Å²) in [6, 6.07) is 5.10. The number of anilines is 1. The van der Waals surface area contributed by atoms with Crippen LogP contribution in [0.5, 0.6) is 0 Å². The number of nitrogens with zero attached hydrogens (tertiary/aromatic N) is 1. The molecular formula is C15H18Cl2N2O3. The first-order valence-electron chi connectivity index (χ1n) is 7.12. The Morgan fingerprint density at radius 1 is 1.41 bits per heavy atom. The average Bonchev–Trinajstić information content (AvgIpc) is 3.01. The molecule has 1 N–H and O–H groups in total. The summed E-state index contributed by atoms with van der Waals surface area (Å²) in [5, 5.41) is 3.49. The molecule has 1 atom stereocenters. The number of benzene rings is 1. The number of carbonyl (C=O) groups is 2. The normalized spacial score (nSPS) is 17.3. The van der Waals surface area contributed by atoms with E-state index in [-0.39, 0.29) is 17.9 Å². The summed E-state index contributed by atoms with van der Waals surface area (Å²) in [5.41, 5.74) is 0.535. The van der Waals surface area contributed by atoms with Gasteiger partial charge in [-0.25, -0.2) is 0 Å². The van der Waals surface area contributed by atoms with Crippen LogP contribution in [0.2, 0.25) is 10.0 Å². The summed E-state index contributed by atoms with van der Waals surface area (Å²) in [6.07, 6.45) is 1.26. The van der Waals surface area contributed by atoms with E-state index < -0.39 is 0 Å². The topological polar surface area (TPSA) is 58.6 Å². The Labute approximate surface area is 139 Å². The molecule has 1 unspecified atom stereocenters. The van der Waals surface area contributed by atoms with Crippen LogP contribution in [-0.4, -0.2) is 37.6 Å². The number of nitrogens with one attached hydrogen (secondary N) is 1. The zero-order valence-electron chi connectivity index (χ0n) is 12.3. The molecular weight excluding hydrogens is 327 g/mol. The number of hydrogen-bond donors (Lipinski definition) is 1. The fourth-order valence-electron chi connectivity index (χ4n) is 2.34. The van der Waals surface area contributed by atoms with Crippen molar-refractivity contribution < 1.29 is 14.3 Å². The Balaban J connectivity index is 1.96. The minimum absolute atomic E-state index is 0.141. The molecule has 0 bridgehead atoms. The zero-order valence-corrected chi connectivity index (χ0v) is 13.8. The van der Waals surface area contributed by atoms with E-state index in [2.05, 4.69) is 5.32 Å². The molecule has 1 heterocycles. The van der Waals surface area contributed by atoms with Crippen molar-refractivity contribution in [2.75, 3.05) is 24.6 Å². The molecule has 7 heteroatoms. The number of ether oxygens (including phenoxy) is 1. The highest BCUT2D eigenvalue weighted by atomic mass is 35.5. The summed E-state index contributed by atoms with van der Waals surface area (Å²) in [7, 11) is 0. The van der Waals surface area contributed by atoms with Gasteiger partial charge in [0.05, 0.1) is 15.7 Å². The number of carbonyl (C=O) groups excluding carboxylic acids is 2. The van der Waals surface area contributed by atoms with Crippen LogP contribution in [0.15, 0.2) is 18.2 Å². The smallest absolute Gasteiger partial charge is 0.249 e. The lowest BCUT2D eigenvalue weighted by Crippen LogP contribution is -2.41. The van der Waals surface area contributed by atoms with Crippen molar-refractivity contribution in [3.8, 4) is 0 Å². The van der Waals surface area contributed by atoms with Gasteiger partial charge >= 0.3 is 0 Å². The first-order chi connectivity index (χ1) is 10.5. The second kappa shape index (κ2) is 7.81. The third-order valence-corrected chi connectivity index (χ3v) is 4.27. The van der Waals surface area contributed by atoms with Crippen LogP contribution in [0, 0.1) is 0 Å². The Hall–Kier alpha value is -1.30. The lowest BCUT2D eigenvalue weighted by atomic mass is 10.2. The molecule has 1 aliphatic heterocycles. The first-order valence-corrected chi connectivity index (χ1v) is 7.87. The molecule has 0 aromatic heterocycles. The number of halogens is 2. The van der Waals surface area contributed by atoms with Gasteiger partial charge in [-0.2, -0.15) is 0 Å². The maximum absolute atomic E-state index is 11.9. The third-order valence-electron chi connectivity index (χ3n) is 3.46. The van der Waals surface area contributed by atoms with Crippen molar-refractivity contribution in [3.63, 3.8) is 0 Å². The molecule has 5 nitrogen and oxygen atoms in total. The first kappa shape index (κ1) is 17.1. The van der Waals surface area contributed by atoms with E-state index in [1.807, 2.05) is 0 Å². The van der Waals surface area contributed by atoms with Crippen molar-refractivity contribution in [2.24, 2.45) is 0 Å². The summed E-state index contributed by atoms with van der Waals surface area (Å²) in [4.78, 5) is 25.2. The molecule has 1 aromatic rings. The fourth-order valence-corrected chi connectivity index (χ4v) is 2.74. The maximum atomic E-state index is 11.9. The molecule has 0 spiro atoms. The molecule has 1 aromatic carbocycles. The van der Waals surface area contributed by atoms with Crippen molar-refractivity contribution in [1.82, 2.24) is 5.32 Å². The van der Waals surface area contributed by atoms with Gasteiger partial charge in [-0.15, -0.1) is 0 Å². The monoisotopic (exact) mass is 344 g/mol. The van der Waals surface area contributed by atoms with E-state index in [1.165, 1.54) is 11.8 Å². The minimum Gasteiger partial charge on any atom is -0.368 e. The van der Waals surface area contributed by atoms with Crippen molar-refractivity contribution in [1.29, 1.82) is 0 Å². The van der Waals surface area contributed by atoms with Gasteiger partial charge in [-0.1, -0.05) is 29.3 Å². The molecule has 1 saturated heterocycles. The van der Waals surface area contributed by atoms with Crippen LogP contribution in [0.25, 0.3) is 0 Å². The Bertz CT molecular complexity index is 560. The highest BCUT2D eigenvalue weighted by molar-refractivity contribution is 6.44. The van der Waals surface area contributed by atoms with Crippen LogP contribution < -0.4 is 10.2 Å². The van der Waals surface area contributed by atoms with Crippen LogP contribution in [-0.2, 0) is 14.3 Å². The third kappa shape index (κ3) is 4.12. The van der Waals surface area contributed by atoms with E-state index in [9.17, 15) is 9.59 Å². The standard InChI is InChI=1S/C15H18Cl2N2O3/c1-10(20)19(12-5-2-4-11(16)14(12)17)8-7-18-15(21)13-6-3-9-22-13/h2,4-5,13H,3,6-9H2,1H3,(H,18,21). The molecule has 0 saturated carbocycles. The Morgan fingerprint density at radius 2 is 2.18 bits per heavy atom. The van der Waals surface area contributed by atoms with Gasteiger partial charge in [-0.3, -0.25) is 9.59 Å². The summed E-state index contributed by atoms with van der Waals surface area (Å²) in [5.74, 6) is -0.311.